The van der Waals surface area contributed by atoms with Crippen LogP contribution in [0.15, 0.2) is 129 Å². The van der Waals surface area contributed by atoms with Gasteiger partial charge in [-0.2, -0.15) is 0 Å². The Kier molecular flexibility index (Phi) is 11.9. The van der Waals surface area contributed by atoms with Crippen molar-refractivity contribution >= 4 is 45.5 Å². The number of alkyl carbamates (subject to hydrolysis) is 2. The third-order valence-corrected chi connectivity index (χ3v) is 11.0. The number of H-pyrrole nitrogens is 2. The monoisotopic (exact) mass is 840 g/mol. The van der Waals surface area contributed by atoms with Gasteiger partial charge in [0.25, 0.3) is 22.9 Å². The van der Waals surface area contributed by atoms with Crippen molar-refractivity contribution in [2.24, 2.45) is 11.8 Å². The average molecular weight is 841 g/mol. The molecule has 4 amide bonds. The van der Waals surface area contributed by atoms with Gasteiger partial charge in [0.2, 0.25) is 0 Å². The molecule has 2 aliphatic rings. The molecule has 8 rings (SSSR count). The number of benzene rings is 4. The number of nitrogens with one attached hydrogen (secondary N) is 4. The number of pyridine rings is 2. The van der Waals surface area contributed by atoms with Crippen LogP contribution in [-0.4, -0.2) is 34.0 Å². The average Bonchev–Trinajstić information content (AvgIpc) is 3.76. The molecule has 2 fully saturated rings. The molecule has 12 nitrogen and oxygen atoms in total. The van der Waals surface area contributed by atoms with Gasteiger partial charge in [0.1, 0.15) is 11.6 Å². The molecule has 2 aliphatic heterocycles. The molecular formula is C48H42F2N4O8. The first kappa shape index (κ1) is 42.6. The van der Waals surface area contributed by atoms with Crippen molar-refractivity contribution in [3.05, 3.63) is 163 Å². The highest BCUT2D eigenvalue weighted by molar-refractivity contribution is 6.08. The number of hydrogen-bond donors (Lipinski definition) is 4. The van der Waals surface area contributed by atoms with E-state index in [-0.39, 0.29) is 46.1 Å². The molecule has 4 aromatic carbocycles. The van der Waals surface area contributed by atoms with E-state index in [1.165, 1.54) is 12.1 Å². The number of fused-ring (bicyclic) bond motifs is 2. The van der Waals surface area contributed by atoms with E-state index in [0.717, 1.165) is 10.8 Å². The Balaban J connectivity index is 0.000000186. The summed E-state index contributed by atoms with van der Waals surface area (Å²) in [5.41, 5.74) is 3.73. The molecule has 2 atom stereocenters. The minimum atomic E-state index is -0.824. The van der Waals surface area contributed by atoms with Gasteiger partial charge in [0.15, 0.2) is 11.5 Å². The first-order chi connectivity index (χ1) is 29.5. The Bertz CT molecular complexity index is 2820. The number of carbonyl (C=O) groups excluding carboxylic acids is 4. The van der Waals surface area contributed by atoms with E-state index in [9.17, 15) is 37.5 Å². The number of rotatable bonds is 8. The van der Waals surface area contributed by atoms with Crippen LogP contribution in [0.2, 0.25) is 0 Å². The van der Waals surface area contributed by atoms with Gasteiger partial charge in [0.05, 0.1) is 0 Å². The molecule has 2 saturated heterocycles. The number of ether oxygens (including phenoxy) is 2. The summed E-state index contributed by atoms with van der Waals surface area (Å²) >= 11 is 0. The van der Waals surface area contributed by atoms with E-state index in [0.29, 0.717) is 55.6 Å². The van der Waals surface area contributed by atoms with E-state index in [1.807, 2.05) is 52.0 Å². The second kappa shape index (κ2) is 17.2. The molecule has 0 bridgehead atoms. The van der Waals surface area contributed by atoms with Crippen LogP contribution in [0.5, 0.6) is 0 Å². The van der Waals surface area contributed by atoms with Crippen LogP contribution in [-0.2, 0) is 19.1 Å². The van der Waals surface area contributed by atoms with Gasteiger partial charge >= 0.3 is 12.2 Å². The van der Waals surface area contributed by atoms with Gasteiger partial charge in [0, 0.05) is 45.1 Å². The number of aromatic nitrogens is 2. The Morgan fingerprint density at radius 1 is 0.516 bits per heavy atom. The lowest BCUT2D eigenvalue weighted by molar-refractivity contribution is -0.117. The number of amides is 4. The number of aromatic amines is 2. The Morgan fingerprint density at radius 3 is 1.23 bits per heavy atom. The third-order valence-electron chi connectivity index (χ3n) is 11.0. The summed E-state index contributed by atoms with van der Waals surface area (Å²) in [5, 5.41) is 6.65. The number of hydrogen-bond acceptors (Lipinski definition) is 8. The number of halogens is 2. The maximum Gasteiger partial charge on any atom is 0.419 e. The fourth-order valence-corrected chi connectivity index (χ4v) is 8.21. The number of cyclic esters (lactones) is 2. The number of carbonyl (C=O) groups is 4. The minimum Gasteiger partial charge on any atom is -0.404 e. The van der Waals surface area contributed by atoms with Crippen LogP contribution in [0.4, 0.5) is 18.4 Å². The molecule has 6 aromatic rings. The molecule has 0 aliphatic carbocycles. The topological polar surface area (TPSA) is 177 Å². The molecule has 2 aromatic heterocycles. The minimum absolute atomic E-state index is 0.0404. The zero-order valence-electron chi connectivity index (χ0n) is 34.6. The summed E-state index contributed by atoms with van der Waals surface area (Å²) in [5.74, 6) is -2.97. The molecule has 0 saturated carbocycles. The van der Waals surface area contributed by atoms with Crippen molar-refractivity contribution in [3.8, 4) is 22.5 Å². The van der Waals surface area contributed by atoms with E-state index in [2.05, 4.69) is 20.6 Å². The van der Waals surface area contributed by atoms with Gasteiger partial charge in [-0.3, -0.25) is 29.8 Å². The quantitative estimate of drug-likeness (QED) is 0.110. The van der Waals surface area contributed by atoms with Crippen LogP contribution in [0.25, 0.3) is 44.1 Å². The molecule has 0 radical (unpaired) electrons. The van der Waals surface area contributed by atoms with Gasteiger partial charge in [-0.15, -0.1) is 0 Å². The van der Waals surface area contributed by atoms with E-state index in [4.69, 9.17) is 9.47 Å². The van der Waals surface area contributed by atoms with E-state index >= 15 is 0 Å². The Hall–Kier alpha value is -7.48. The Labute approximate surface area is 353 Å². The first-order valence-electron chi connectivity index (χ1n) is 19.8. The largest absolute Gasteiger partial charge is 0.419 e. The van der Waals surface area contributed by atoms with Gasteiger partial charge in [-0.1, -0.05) is 88.4 Å². The Morgan fingerprint density at radius 2 is 0.903 bits per heavy atom. The molecule has 14 heteroatoms. The SMILES string of the molecule is C/C(=C1/OC(=O)NC1=O)C(c1ccc(-c2ccc3cccc(F)c3c2)[nH]c1=O)C(C)C.C/C(=C1\OC(=O)NC1=O)C(c1ccc(-c2ccc3cccc(F)c3c2)[nH]c1=O)C(C)C. The normalized spacial score (nSPS) is 16.4. The molecule has 0 spiro atoms. The maximum atomic E-state index is 14.2. The van der Waals surface area contributed by atoms with Crippen LogP contribution in [0.1, 0.15) is 64.5 Å². The lowest BCUT2D eigenvalue weighted by Gasteiger charge is -2.22. The molecule has 4 heterocycles. The van der Waals surface area contributed by atoms with Crippen LogP contribution in [0.3, 0.4) is 0 Å². The summed E-state index contributed by atoms with van der Waals surface area (Å²) in [6.45, 7) is 11.0. The molecule has 62 heavy (non-hydrogen) atoms. The van der Waals surface area contributed by atoms with Crippen molar-refractivity contribution in [2.75, 3.05) is 0 Å². The summed E-state index contributed by atoms with van der Waals surface area (Å²) < 4.78 is 38.4. The van der Waals surface area contributed by atoms with Crippen molar-refractivity contribution in [1.82, 2.24) is 20.6 Å². The summed E-state index contributed by atoms with van der Waals surface area (Å²) in [6.07, 6.45) is -1.65. The lowest BCUT2D eigenvalue weighted by atomic mass is 9.82. The molecule has 2 unspecified atom stereocenters. The predicted molar refractivity (Wildman–Crippen MR) is 230 cm³/mol. The van der Waals surface area contributed by atoms with Crippen LogP contribution in [0, 0.1) is 23.5 Å². The highest BCUT2D eigenvalue weighted by Crippen LogP contribution is 2.36. The smallest absolute Gasteiger partial charge is 0.404 e. The molecular weight excluding hydrogens is 799 g/mol. The summed E-state index contributed by atoms with van der Waals surface area (Å²) in [6, 6.07) is 27.3. The summed E-state index contributed by atoms with van der Waals surface area (Å²) in [7, 11) is 0. The van der Waals surface area contributed by atoms with Crippen molar-refractivity contribution < 1.29 is 37.4 Å². The second-order valence-electron chi connectivity index (χ2n) is 15.8. The van der Waals surface area contributed by atoms with Crippen molar-refractivity contribution in [3.63, 3.8) is 0 Å². The molecule has 4 N–H and O–H groups in total. The zero-order chi connectivity index (χ0) is 44.6. The number of allylic oxidation sites excluding steroid dienone is 2. The van der Waals surface area contributed by atoms with Gasteiger partial charge < -0.3 is 19.4 Å². The van der Waals surface area contributed by atoms with Crippen LogP contribution >= 0.6 is 0 Å². The van der Waals surface area contributed by atoms with Gasteiger partial charge in [-0.05, 0) is 95.1 Å². The van der Waals surface area contributed by atoms with E-state index in [1.54, 1.807) is 74.5 Å². The standard InChI is InChI=1S/2C24H21FN2O4/c2*1-12(2)20(13(3)21-23(29)27-24(30)31-21)16-9-10-19(26-22(16)28)15-8-7-14-5-4-6-18(25)17(14)11-15/h2*4-12,20H,1-3H3,(H,26,28)(H,27,29,30)/b21-13+;21-13-. The fraction of sp³-hybridized carbons (Fsp3) is 0.208. The van der Waals surface area contributed by atoms with Crippen LogP contribution < -0.4 is 21.8 Å². The number of imide groups is 2. The highest BCUT2D eigenvalue weighted by Gasteiger charge is 2.34. The third kappa shape index (κ3) is 8.44. The maximum absolute atomic E-state index is 14.2. The molecule has 316 valence electrons. The lowest BCUT2D eigenvalue weighted by Crippen LogP contribution is -2.23. The predicted octanol–water partition coefficient (Wildman–Crippen LogP) is 9.23. The van der Waals surface area contributed by atoms with Gasteiger partial charge in [-0.25, -0.2) is 18.4 Å². The zero-order valence-corrected chi connectivity index (χ0v) is 34.6. The summed E-state index contributed by atoms with van der Waals surface area (Å²) in [4.78, 5) is 78.5. The van der Waals surface area contributed by atoms with Crippen molar-refractivity contribution in [1.29, 1.82) is 0 Å². The van der Waals surface area contributed by atoms with Crippen molar-refractivity contribution in [2.45, 2.75) is 53.4 Å². The highest BCUT2D eigenvalue weighted by atomic mass is 19.1. The van der Waals surface area contributed by atoms with E-state index < -0.39 is 35.8 Å². The fourth-order valence-electron chi connectivity index (χ4n) is 8.21. The second-order valence-corrected chi connectivity index (χ2v) is 15.8. The first-order valence-corrected chi connectivity index (χ1v) is 19.8.